The number of rotatable bonds is 12. The molecular weight excluding hydrogens is 578 g/mol. The van der Waals surface area contributed by atoms with Crippen molar-refractivity contribution >= 4 is 43.5 Å². The van der Waals surface area contributed by atoms with Gasteiger partial charge in [0.25, 0.3) is 0 Å². The van der Waals surface area contributed by atoms with Gasteiger partial charge in [0.05, 0.1) is 11.9 Å². The summed E-state index contributed by atoms with van der Waals surface area (Å²) in [5, 5.41) is 2.94. The second kappa shape index (κ2) is 13.8. The van der Waals surface area contributed by atoms with Crippen molar-refractivity contribution in [1.82, 2.24) is 10.2 Å². The molecule has 0 saturated carbocycles. The van der Waals surface area contributed by atoms with Gasteiger partial charge in [0.1, 0.15) is 12.6 Å². The van der Waals surface area contributed by atoms with Crippen molar-refractivity contribution in [2.24, 2.45) is 0 Å². The predicted molar refractivity (Wildman–Crippen MR) is 160 cm³/mol. The molecule has 0 spiro atoms. The summed E-state index contributed by atoms with van der Waals surface area (Å²) in [6, 6.07) is 21.7. The van der Waals surface area contributed by atoms with Crippen LogP contribution in [0, 0.1) is 13.8 Å². The van der Waals surface area contributed by atoms with Gasteiger partial charge >= 0.3 is 0 Å². The molecule has 2 amide bonds. The molecule has 0 aliphatic heterocycles. The number of halogens is 1. The van der Waals surface area contributed by atoms with E-state index >= 15 is 0 Å². The fraction of sp³-hybridized carbons (Fsp3) is 0.333. The molecule has 3 aromatic rings. The van der Waals surface area contributed by atoms with Gasteiger partial charge < -0.3 is 10.2 Å². The number of aryl methyl sites for hydroxylation is 2. The van der Waals surface area contributed by atoms with Gasteiger partial charge in [-0.25, -0.2) is 8.42 Å². The zero-order valence-corrected chi connectivity index (χ0v) is 25.3. The lowest BCUT2D eigenvalue weighted by Gasteiger charge is -2.34. The van der Waals surface area contributed by atoms with Crippen LogP contribution in [-0.4, -0.2) is 50.5 Å². The summed E-state index contributed by atoms with van der Waals surface area (Å²) in [6.45, 7) is 5.85. The summed E-state index contributed by atoms with van der Waals surface area (Å²) in [6.07, 6.45) is 2.14. The predicted octanol–water partition coefficient (Wildman–Crippen LogP) is 5.00. The van der Waals surface area contributed by atoms with Crippen LogP contribution in [0.2, 0.25) is 0 Å². The number of carbonyl (C=O) groups excluding carboxylic acids is 2. The molecule has 0 aliphatic carbocycles. The van der Waals surface area contributed by atoms with Crippen molar-refractivity contribution in [3.63, 3.8) is 0 Å². The maximum Gasteiger partial charge on any atom is 0.244 e. The molecule has 3 aromatic carbocycles. The lowest BCUT2D eigenvalue weighted by molar-refractivity contribution is -0.140. The third-order valence-electron chi connectivity index (χ3n) is 6.40. The molecule has 208 valence electrons. The molecule has 1 atom stereocenters. The fourth-order valence-corrected chi connectivity index (χ4v) is 5.45. The highest BCUT2D eigenvalue weighted by atomic mass is 79.9. The van der Waals surface area contributed by atoms with Crippen molar-refractivity contribution in [2.45, 2.75) is 46.2 Å². The van der Waals surface area contributed by atoms with Crippen molar-refractivity contribution < 1.29 is 18.0 Å². The first-order valence-electron chi connectivity index (χ1n) is 12.9. The quantitative estimate of drug-likeness (QED) is 0.311. The second-order valence-electron chi connectivity index (χ2n) is 9.70. The SMILES string of the molecule is CCCNC(=O)C(Cc1ccccc1)N(Cc1ccc(Br)cc1)C(=O)CN(c1cc(C)ccc1C)S(C)(=O)=O. The molecular formula is C30H36BrN3O4S. The summed E-state index contributed by atoms with van der Waals surface area (Å²) in [5.74, 6) is -0.736. The van der Waals surface area contributed by atoms with E-state index in [0.29, 0.717) is 18.7 Å². The van der Waals surface area contributed by atoms with Crippen LogP contribution in [0.1, 0.15) is 35.6 Å². The van der Waals surface area contributed by atoms with Crippen LogP contribution in [-0.2, 0) is 32.6 Å². The number of benzene rings is 3. The highest BCUT2D eigenvalue weighted by Crippen LogP contribution is 2.25. The topological polar surface area (TPSA) is 86.8 Å². The third kappa shape index (κ3) is 8.66. The Balaban J connectivity index is 2.06. The summed E-state index contributed by atoms with van der Waals surface area (Å²) >= 11 is 3.44. The molecule has 0 aliphatic rings. The van der Waals surface area contributed by atoms with Gasteiger partial charge in [0.2, 0.25) is 21.8 Å². The standard InChI is InChI=1S/C30H36BrN3O4S/c1-5-17-32-30(36)28(19-24-9-7-6-8-10-24)33(20-25-13-15-26(31)16-14-25)29(35)21-34(39(4,37)38)27-18-22(2)11-12-23(27)3/h6-16,18,28H,5,17,19-21H2,1-4H3,(H,32,36). The molecule has 7 nitrogen and oxygen atoms in total. The van der Waals surface area contributed by atoms with Crippen molar-refractivity contribution in [3.05, 3.63) is 99.5 Å². The van der Waals surface area contributed by atoms with Crippen LogP contribution in [0.15, 0.2) is 77.3 Å². The van der Waals surface area contributed by atoms with Crippen LogP contribution in [0.5, 0.6) is 0 Å². The molecule has 0 heterocycles. The Morgan fingerprint density at radius 3 is 2.23 bits per heavy atom. The number of anilines is 1. The van der Waals surface area contributed by atoms with E-state index in [0.717, 1.165) is 43.7 Å². The molecule has 3 rings (SSSR count). The van der Waals surface area contributed by atoms with Gasteiger partial charge in [0, 0.05) is 24.0 Å². The van der Waals surface area contributed by atoms with E-state index in [1.54, 1.807) is 6.07 Å². The smallest absolute Gasteiger partial charge is 0.244 e. The number of hydrogen-bond donors (Lipinski definition) is 1. The van der Waals surface area contributed by atoms with Crippen molar-refractivity contribution in [2.75, 3.05) is 23.7 Å². The van der Waals surface area contributed by atoms with Gasteiger partial charge in [-0.3, -0.25) is 13.9 Å². The van der Waals surface area contributed by atoms with Gasteiger partial charge in [0.15, 0.2) is 0 Å². The molecule has 39 heavy (non-hydrogen) atoms. The number of sulfonamides is 1. The minimum Gasteiger partial charge on any atom is -0.354 e. The van der Waals surface area contributed by atoms with Gasteiger partial charge in [-0.05, 0) is 60.7 Å². The number of amides is 2. The average molecular weight is 615 g/mol. The monoisotopic (exact) mass is 613 g/mol. The molecule has 0 fully saturated rings. The zero-order chi connectivity index (χ0) is 28.6. The van der Waals surface area contributed by atoms with E-state index in [1.807, 2.05) is 87.5 Å². The molecule has 0 radical (unpaired) electrons. The van der Waals surface area contributed by atoms with E-state index in [2.05, 4.69) is 21.2 Å². The number of hydrogen-bond acceptors (Lipinski definition) is 4. The Kier molecular flexibility index (Phi) is 10.7. The van der Waals surface area contributed by atoms with E-state index in [4.69, 9.17) is 0 Å². The molecule has 9 heteroatoms. The normalized spacial score (nSPS) is 12.0. The second-order valence-corrected chi connectivity index (χ2v) is 12.5. The first-order valence-corrected chi connectivity index (χ1v) is 15.5. The van der Waals surface area contributed by atoms with Crippen LogP contribution in [0.25, 0.3) is 0 Å². The summed E-state index contributed by atoms with van der Waals surface area (Å²) in [5.41, 5.74) is 3.79. The number of carbonyl (C=O) groups is 2. The number of nitrogens with one attached hydrogen (secondary N) is 1. The average Bonchev–Trinajstić information content (AvgIpc) is 2.90. The summed E-state index contributed by atoms with van der Waals surface area (Å²) in [4.78, 5) is 29.1. The summed E-state index contributed by atoms with van der Waals surface area (Å²) < 4.78 is 27.9. The van der Waals surface area contributed by atoms with Crippen LogP contribution in [0.4, 0.5) is 5.69 Å². The van der Waals surface area contributed by atoms with Crippen LogP contribution >= 0.6 is 15.9 Å². The Labute approximate surface area is 240 Å². The highest BCUT2D eigenvalue weighted by Gasteiger charge is 2.33. The van der Waals surface area contributed by atoms with Gasteiger partial charge in [-0.1, -0.05) is 77.5 Å². The van der Waals surface area contributed by atoms with E-state index < -0.39 is 28.5 Å². The zero-order valence-electron chi connectivity index (χ0n) is 22.9. The first kappa shape index (κ1) is 30.4. The first-order chi connectivity index (χ1) is 18.5. The van der Waals surface area contributed by atoms with Gasteiger partial charge in [-0.2, -0.15) is 0 Å². The Morgan fingerprint density at radius 1 is 0.949 bits per heavy atom. The Bertz CT molecular complexity index is 1380. The van der Waals surface area contributed by atoms with Gasteiger partial charge in [-0.15, -0.1) is 0 Å². The van der Waals surface area contributed by atoms with E-state index in [1.165, 1.54) is 4.90 Å². The molecule has 1 unspecified atom stereocenters. The van der Waals surface area contributed by atoms with Crippen LogP contribution in [0.3, 0.4) is 0 Å². The molecule has 0 saturated heterocycles. The fourth-order valence-electron chi connectivity index (χ4n) is 4.29. The molecule has 0 aromatic heterocycles. The summed E-state index contributed by atoms with van der Waals surface area (Å²) in [7, 11) is -3.80. The maximum atomic E-state index is 14.1. The number of nitrogens with zero attached hydrogens (tertiary/aromatic N) is 2. The lowest BCUT2D eigenvalue weighted by Crippen LogP contribution is -2.53. The maximum absolute atomic E-state index is 14.1. The minimum absolute atomic E-state index is 0.146. The van der Waals surface area contributed by atoms with Crippen molar-refractivity contribution in [1.29, 1.82) is 0 Å². The third-order valence-corrected chi connectivity index (χ3v) is 8.05. The largest absolute Gasteiger partial charge is 0.354 e. The molecule has 0 bridgehead atoms. The minimum atomic E-state index is -3.80. The highest BCUT2D eigenvalue weighted by molar-refractivity contribution is 9.10. The lowest BCUT2D eigenvalue weighted by atomic mass is 10.0. The Hall–Kier alpha value is -3.17. The molecule has 1 N–H and O–H groups in total. The van der Waals surface area contributed by atoms with Crippen LogP contribution < -0.4 is 9.62 Å². The van der Waals surface area contributed by atoms with E-state index in [9.17, 15) is 18.0 Å². The van der Waals surface area contributed by atoms with Crippen molar-refractivity contribution in [3.8, 4) is 0 Å². The Morgan fingerprint density at radius 2 is 1.62 bits per heavy atom. The van der Waals surface area contributed by atoms with E-state index in [-0.39, 0.29) is 12.5 Å².